The molecule has 0 unspecified atom stereocenters. The Labute approximate surface area is 79.4 Å². The lowest BCUT2D eigenvalue weighted by Gasteiger charge is -2.02. The number of hydrogen-bond acceptors (Lipinski definition) is 3. The zero-order valence-corrected chi connectivity index (χ0v) is 8.21. The monoisotopic (exact) mass is 228 g/mol. The highest BCUT2D eigenvalue weighted by Crippen LogP contribution is 2.22. The maximum absolute atomic E-state index is 5.54. The predicted octanol–water partition coefficient (Wildman–Crippen LogP) is 2.34. The van der Waals surface area contributed by atoms with Crippen LogP contribution in [0, 0.1) is 0 Å². The molecular formula is C8H9BrN2O. The Hall–Kier alpha value is -1.03. The van der Waals surface area contributed by atoms with Crippen LogP contribution in [0.25, 0.3) is 0 Å². The molecule has 0 aromatic carbocycles. The standard InChI is InChI=1S/C8H9BrN2O/c1-2-3-12-7-4-6(9)5-11-8(7)10/h2-5H,1H3,(H2,10,11)/b3-2+. The van der Waals surface area contributed by atoms with Gasteiger partial charge in [-0.15, -0.1) is 0 Å². The van der Waals surface area contributed by atoms with Gasteiger partial charge in [-0.2, -0.15) is 0 Å². The van der Waals surface area contributed by atoms with Crippen molar-refractivity contribution in [2.45, 2.75) is 6.92 Å². The number of nitrogens with zero attached hydrogens (tertiary/aromatic N) is 1. The zero-order valence-electron chi connectivity index (χ0n) is 6.62. The first-order valence-corrected chi connectivity index (χ1v) is 4.22. The molecule has 0 aliphatic heterocycles. The van der Waals surface area contributed by atoms with Crippen molar-refractivity contribution in [3.05, 3.63) is 29.1 Å². The van der Waals surface area contributed by atoms with Crippen LogP contribution >= 0.6 is 15.9 Å². The van der Waals surface area contributed by atoms with Crippen molar-refractivity contribution >= 4 is 21.7 Å². The van der Waals surface area contributed by atoms with Crippen LogP contribution in [0.1, 0.15) is 6.92 Å². The second kappa shape index (κ2) is 4.11. The van der Waals surface area contributed by atoms with Crippen molar-refractivity contribution in [1.29, 1.82) is 0 Å². The van der Waals surface area contributed by atoms with Gasteiger partial charge in [0, 0.05) is 16.7 Å². The lowest BCUT2D eigenvalue weighted by Crippen LogP contribution is -1.94. The molecule has 1 heterocycles. The Bertz CT molecular complexity index is 299. The molecule has 4 heteroatoms. The van der Waals surface area contributed by atoms with Crippen LogP contribution in [0.4, 0.5) is 5.82 Å². The fraction of sp³-hybridized carbons (Fsp3) is 0.125. The van der Waals surface area contributed by atoms with Gasteiger partial charge in [0.2, 0.25) is 0 Å². The summed E-state index contributed by atoms with van der Waals surface area (Å²) in [5.74, 6) is 0.943. The number of rotatable bonds is 2. The van der Waals surface area contributed by atoms with Crippen LogP contribution in [-0.2, 0) is 0 Å². The molecule has 0 spiro atoms. The predicted molar refractivity (Wildman–Crippen MR) is 51.8 cm³/mol. The van der Waals surface area contributed by atoms with E-state index in [1.807, 2.05) is 6.92 Å². The minimum absolute atomic E-state index is 0.385. The first-order valence-electron chi connectivity index (χ1n) is 3.43. The molecule has 0 saturated carbocycles. The average Bonchev–Trinajstić information content (AvgIpc) is 2.07. The molecule has 12 heavy (non-hydrogen) atoms. The minimum atomic E-state index is 0.385. The number of pyridine rings is 1. The molecule has 0 saturated heterocycles. The second-order valence-corrected chi connectivity index (χ2v) is 3.04. The van der Waals surface area contributed by atoms with Crippen molar-refractivity contribution in [3.8, 4) is 5.75 Å². The molecule has 0 fully saturated rings. The first-order chi connectivity index (χ1) is 5.74. The summed E-state index contributed by atoms with van der Waals surface area (Å²) in [6.45, 7) is 1.86. The minimum Gasteiger partial charge on any atom is -0.461 e. The summed E-state index contributed by atoms with van der Waals surface area (Å²) in [5.41, 5.74) is 5.54. The SMILES string of the molecule is C/C=C/Oc1cc(Br)cnc1N. The normalized spacial score (nSPS) is 10.5. The van der Waals surface area contributed by atoms with E-state index in [0.717, 1.165) is 4.47 Å². The lowest BCUT2D eigenvalue weighted by molar-refractivity contribution is 0.480. The highest BCUT2D eigenvalue weighted by molar-refractivity contribution is 9.10. The van der Waals surface area contributed by atoms with Crippen molar-refractivity contribution in [3.63, 3.8) is 0 Å². The third-order valence-corrected chi connectivity index (χ3v) is 1.61. The summed E-state index contributed by atoms with van der Waals surface area (Å²) in [6, 6.07) is 1.77. The van der Waals surface area contributed by atoms with Crippen molar-refractivity contribution in [1.82, 2.24) is 4.98 Å². The lowest BCUT2D eigenvalue weighted by atomic mass is 10.4. The number of nitrogen functional groups attached to an aromatic ring is 1. The second-order valence-electron chi connectivity index (χ2n) is 2.12. The molecule has 0 aliphatic rings. The maximum Gasteiger partial charge on any atom is 0.169 e. The van der Waals surface area contributed by atoms with Crippen molar-refractivity contribution in [2.75, 3.05) is 5.73 Å². The fourth-order valence-electron chi connectivity index (χ4n) is 0.667. The summed E-state index contributed by atoms with van der Waals surface area (Å²) >= 11 is 3.27. The van der Waals surface area contributed by atoms with Crippen LogP contribution < -0.4 is 10.5 Å². The van der Waals surface area contributed by atoms with E-state index in [9.17, 15) is 0 Å². The van der Waals surface area contributed by atoms with Gasteiger partial charge in [-0.3, -0.25) is 0 Å². The number of nitrogens with two attached hydrogens (primary N) is 1. The molecule has 2 N–H and O–H groups in total. The highest BCUT2D eigenvalue weighted by atomic mass is 79.9. The van der Waals surface area contributed by atoms with Crippen molar-refractivity contribution in [2.24, 2.45) is 0 Å². The zero-order chi connectivity index (χ0) is 8.97. The quantitative estimate of drug-likeness (QED) is 0.791. The van der Waals surface area contributed by atoms with E-state index in [2.05, 4.69) is 20.9 Å². The Morgan fingerprint density at radius 1 is 1.67 bits per heavy atom. The summed E-state index contributed by atoms with van der Waals surface area (Å²) in [7, 11) is 0. The summed E-state index contributed by atoms with van der Waals surface area (Å²) in [4.78, 5) is 3.90. The fourth-order valence-corrected chi connectivity index (χ4v) is 0.977. The van der Waals surface area contributed by atoms with E-state index in [0.29, 0.717) is 11.6 Å². The number of hydrogen-bond donors (Lipinski definition) is 1. The Kier molecular flexibility index (Phi) is 3.10. The molecule has 0 aliphatic carbocycles. The Balaban J connectivity index is 2.89. The van der Waals surface area contributed by atoms with E-state index < -0.39 is 0 Å². The molecule has 1 aromatic heterocycles. The largest absolute Gasteiger partial charge is 0.461 e. The van der Waals surface area contributed by atoms with Gasteiger partial charge in [-0.05, 0) is 22.9 Å². The van der Waals surface area contributed by atoms with Gasteiger partial charge >= 0.3 is 0 Å². The molecule has 0 bridgehead atoms. The van der Waals surface area contributed by atoms with E-state index in [1.165, 1.54) is 0 Å². The third kappa shape index (κ3) is 2.23. The number of allylic oxidation sites excluding steroid dienone is 1. The van der Waals surface area contributed by atoms with Gasteiger partial charge in [-0.1, -0.05) is 6.08 Å². The van der Waals surface area contributed by atoms with Gasteiger partial charge in [-0.25, -0.2) is 4.98 Å². The van der Waals surface area contributed by atoms with Gasteiger partial charge in [0.25, 0.3) is 0 Å². The van der Waals surface area contributed by atoms with Crippen LogP contribution in [0.5, 0.6) is 5.75 Å². The number of ether oxygens (including phenoxy) is 1. The third-order valence-electron chi connectivity index (χ3n) is 1.18. The molecule has 0 amide bonds. The number of aromatic nitrogens is 1. The maximum atomic E-state index is 5.54. The number of halogens is 1. The van der Waals surface area contributed by atoms with Gasteiger partial charge in [0.15, 0.2) is 11.6 Å². The molecule has 1 aromatic rings. The molecule has 0 radical (unpaired) electrons. The van der Waals surface area contributed by atoms with Gasteiger partial charge < -0.3 is 10.5 Å². The first kappa shape index (κ1) is 9.06. The van der Waals surface area contributed by atoms with Crippen LogP contribution in [-0.4, -0.2) is 4.98 Å². The molecule has 64 valence electrons. The average molecular weight is 229 g/mol. The molecule has 3 nitrogen and oxygen atoms in total. The van der Waals surface area contributed by atoms with E-state index >= 15 is 0 Å². The van der Waals surface area contributed by atoms with Gasteiger partial charge in [0.1, 0.15) is 0 Å². The Morgan fingerprint density at radius 2 is 2.42 bits per heavy atom. The summed E-state index contributed by atoms with van der Waals surface area (Å²) in [6.07, 6.45) is 4.96. The summed E-state index contributed by atoms with van der Waals surface area (Å²) in [5, 5.41) is 0. The molecule has 0 atom stereocenters. The van der Waals surface area contributed by atoms with Crippen LogP contribution in [0.2, 0.25) is 0 Å². The van der Waals surface area contributed by atoms with Crippen molar-refractivity contribution < 1.29 is 4.74 Å². The van der Waals surface area contributed by atoms with Crippen LogP contribution in [0.15, 0.2) is 29.1 Å². The Morgan fingerprint density at radius 3 is 3.08 bits per heavy atom. The van der Waals surface area contributed by atoms with Crippen LogP contribution in [0.3, 0.4) is 0 Å². The van der Waals surface area contributed by atoms with E-state index in [1.54, 1.807) is 24.6 Å². The van der Waals surface area contributed by atoms with E-state index in [4.69, 9.17) is 10.5 Å². The van der Waals surface area contributed by atoms with E-state index in [-0.39, 0.29) is 0 Å². The topological polar surface area (TPSA) is 48.1 Å². The number of anilines is 1. The summed E-state index contributed by atoms with van der Waals surface area (Å²) < 4.78 is 6.01. The highest BCUT2D eigenvalue weighted by Gasteiger charge is 1.99. The smallest absolute Gasteiger partial charge is 0.169 e. The molecule has 1 rings (SSSR count). The molecular weight excluding hydrogens is 220 g/mol. The van der Waals surface area contributed by atoms with Gasteiger partial charge in [0.05, 0.1) is 6.26 Å².